The molecule has 3 aromatic rings. The van der Waals surface area contributed by atoms with Crippen molar-refractivity contribution in [1.29, 1.82) is 0 Å². The number of hydrogen-bond donors (Lipinski definition) is 3. The minimum atomic E-state index is -1.16. The number of nitrogens with two attached hydrogens (primary N) is 1. The number of furan rings is 1. The SMILES string of the molecule is Cc1ncsc1COc1ccc2oc(C)c(C(=O)NC(CN(C)C3CC3)C(N)O)c2c1. The van der Waals surface area contributed by atoms with Crippen molar-refractivity contribution in [1.82, 2.24) is 15.2 Å². The Morgan fingerprint density at radius 2 is 2.23 bits per heavy atom. The van der Waals surface area contributed by atoms with Crippen LogP contribution in [-0.2, 0) is 6.61 Å². The van der Waals surface area contributed by atoms with Crippen molar-refractivity contribution in [3.8, 4) is 5.75 Å². The van der Waals surface area contributed by atoms with Crippen molar-refractivity contribution in [3.05, 3.63) is 45.6 Å². The molecule has 1 aliphatic rings. The van der Waals surface area contributed by atoms with Crippen LogP contribution >= 0.6 is 11.3 Å². The van der Waals surface area contributed by atoms with Crippen molar-refractivity contribution in [3.63, 3.8) is 0 Å². The number of nitrogens with one attached hydrogen (secondary N) is 1. The normalized spacial score (nSPS) is 15.9. The second-order valence-corrected chi connectivity index (χ2v) is 9.02. The number of ether oxygens (including phenoxy) is 1. The first-order valence-electron chi connectivity index (χ1n) is 10.3. The van der Waals surface area contributed by atoms with Crippen LogP contribution in [0, 0.1) is 13.8 Å². The van der Waals surface area contributed by atoms with E-state index in [0.29, 0.717) is 47.2 Å². The summed E-state index contributed by atoms with van der Waals surface area (Å²) in [5.41, 5.74) is 9.52. The van der Waals surface area contributed by atoms with Crippen LogP contribution in [0.5, 0.6) is 5.75 Å². The first-order chi connectivity index (χ1) is 14.8. The first-order valence-corrected chi connectivity index (χ1v) is 11.2. The number of aromatic nitrogens is 1. The van der Waals surface area contributed by atoms with Gasteiger partial charge in [-0.2, -0.15) is 0 Å². The second-order valence-electron chi connectivity index (χ2n) is 8.08. The van der Waals surface area contributed by atoms with Crippen LogP contribution in [0.4, 0.5) is 0 Å². The maximum Gasteiger partial charge on any atom is 0.255 e. The zero-order valence-corrected chi connectivity index (χ0v) is 18.7. The summed E-state index contributed by atoms with van der Waals surface area (Å²) in [4.78, 5) is 20.5. The minimum Gasteiger partial charge on any atom is -0.488 e. The highest BCUT2D eigenvalue weighted by Crippen LogP contribution is 2.30. The number of rotatable bonds is 9. The summed E-state index contributed by atoms with van der Waals surface area (Å²) in [7, 11) is 1.98. The number of carbonyl (C=O) groups is 1. The number of thiazole rings is 1. The lowest BCUT2D eigenvalue weighted by Crippen LogP contribution is -2.53. The van der Waals surface area contributed by atoms with E-state index in [1.807, 2.05) is 20.0 Å². The van der Waals surface area contributed by atoms with Gasteiger partial charge < -0.3 is 30.2 Å². The Kier molecular flexibility index (Phi) is 6.29. The predicted octanol–water partition coefficient (Wildman–Crippen LogP) is 2.55. The second kappa shape index (κ2) is 8.96. The van der Waals surface area contributed by atoms with Gasteiger partial charge in [0.25, 0.3) is 5.91 Å². The summed E-state index contributed by atoms with van der Waals surface area (Å²) >= 11 is 1.55. The summed E-state index contributed by atoms with van der Waals surface area (Å²) in [6, 6.07) is 5.33. The summed E-state index contributed by atoms with van der Waals surface area (Å²) in [5, 5.41) is 13.6. The molecule has 0 radical (unpaired) electrons. The molecule has 1 saturated carbocycles. The molecule has 4 rings (SSSR count). The molecule has 0 spiro atoms. The van der Waals surface area contributed by atoms with Gasteiger partial charge in [0.05, 0.1) is 27.7 Å². The summed E-state index contributed by atoms with van der Waals surface area (Å²) in [5.74, 6) is 0.813. The van der Waals surface area contributed by atoms with Gasteiger partial charge in [-0.05, 0) is 51.9 Å². The van der Waals surface area contributed by atoms with Crippen molar-refractivity contribution < 1.29 is 19.1 Å². The molecule has 1 fully saturated rings. The van der Waals surface area contributed by atoms with Gasteiger partial charge in [-0.25, -0.2) is 4.98 Å². The van der Waals surface area contributed by atoms with Gasteiger partial charge in [-0.1, -0.05) is 0 Å². The molecule has 31 heavy (non-hydrogen) atoms. The Hall–Kier alpha value is -2.46. The van der Waals surface area contributed by atoms with Crippen molar-refractivity contribution in [2.24, 2.45) is 5.73 Å². The van der Waals surface area contributed by atoms with Gasteiger partial charge in [0, 0.05) is 18.0 Å². The summed E-state index contributed by atoms with van der Waals surface area (Å²) in [6.07, 6.45) is 1.10. The molecule has 0 aliphatic heterocycles. The number of aliphatic hydroxyl groups excluding tert-OH is 1. The van der Waals surface area contributed by atoms with E-state index in [4.69, 9.17) is 14.9 Å². The van der Waals surface area contributed by atoms with E-state index in [-0.39, 0.29) is 5.91 Å². The largest absolute Gasteiger partial charge is 0.488 e. The lowest BCUT2D eigenvalue weighted by atomic mass is 10.1. The number of hydrogen-bond acceptors (Lipinski definition) is 8. The fourth-order valence-electron chi connectivity index (χ4n) is 3.64. The van der Waals surface area contributed by atoms with Crippen LogP contribution in [0.25, 0.3) is 11.0 Å². The molecule has 1 aromatic carbocycles. The van der Waals surface area contributed by atoms with E-state index in [9.17, 15) is 9.90 Å². The van der Waals surface area contributed by atoms with E-state index in [2.05, 4.69) is 15.2 Å². The topological polar surface area (TPSA) is 114 Å². The number of aliphatic hydroxyl groups is 1. The van der Waals surface area contributed by atoms with E-state index in [0.717, 1.165) is 23.4 Å². The maximum atomic E-state index is 13.1. The summed E-state index contributed by atoms with van der Waals surface area (Å²) in [6.45, 7) is 4.59. The maximum absolute atomic E-state index is 13.1. The van der Waals surface area contributed by atoms with Gasteiger partial charge in [-0.15, -0.1) is 11.3 Å². The molecular weight excluding hydrogens is 416 g/mol. The number of fused-ring (bicyclic) bond motifs is 1. The number of likely N-dealkylation sites (N-methyl/N-ethyl adjacent to an activating group) is 1. The average molecular weight is 445 g/mol. The third-order valence-electron chi connectivity index (χ3n) is 5.66. The lowest BCUT2D eigenvalue weighted by molar-refractivity contribution is 0.0785. The molecular formula is C22H28N4O4S. The predicted molar refractivity (Wildman–Crippen MR) is 119 cm³/mol. The number of nitrogens with zero attached hydrogens (tertiary/aromatic N) is 2. The van der Waals surface area contributed by atoms with Crippen LogP contribution < -0.4 is 15.8 Å². The Morgan fingerprint density at radius 3 is 2.87 bits per heavy atom. The Balaban J connectivity index is 1.53. The molecule has 4 N–H and O–H groups in total. The number of benzene rings is 1. The smallest absolute Gasteiger partial charge is 0.255 e. The summed E-state index contributed by atoms with van der Waals surface area (Å²) < 4.78 is 11.7. The molecule has 2 atom stereocenters. The minimum absolute atomic E-state index is 0.328. The standard InChI is InChI=1S/C22H28N4O4S/c1-12-19(31-11-24-12)10-29-15-6-7-18-16(8-15)20(13(2)30-18)22(28)25-17(21(23)27)9-26(3)14-4-5-14/h6-8,11,14,17,21,27H,4-5,9-10,23H2,1-3H3,(H,25,28). The fourth-order valence-corrected chi connectivity index (χ4v) is 4.33. The number of aryl methyl sites for hydroxylation is 2. The number of carbonyl (C=O) groups excluding carboxylic acids is 1. The van der Waals surface area contributed by atoms with E-state index in [1.54, 1.807) is 35.9 Å². The van der Waals surface area contributed by atoms with Crippen molar-refractivity contribution in [2.45, 2.75) is 51.6 Å². The van der Waals surface area contributed by atoms with Crippen LogP contribution in [0.2, 0.25) is 0 Å². The molecule has 2 unspecified atom stereocenters. The molecule has 1 aliphatic carbocycles. The van der Waals surface area contributed by atoms with Gasteiger partial charge in [0.1, 0.15) is 29.9 Å². The van der Waals surface area contributed by atoms with Crippen molar-refractivity contribution >= 4 is 28.2 Å². The van der Waals surface area contributed by atoms with E-state index >= 15 is 0 Å². The van der Waals surface area contributed by atoms with E-state index in [1.165, 1.54) is 0 Å². The van der Waals surface area contributed by atoms with Gasteiger partial charge in [0.15, 0.2) is 0 Å². The molecule has 2 aromatic heterocycles. The average Bonchev–Trinajstić information content (AvgIpc) is 3.42. The van der Waals surface area contributed by atoms with Crippen LogP contribution in [0.3, 0.4) is 0 Å². The van der Waals surface area contributed by atoms with Crippen LogP contribution in [0.15, 0.2) is 28.1 Å². The van der Waals surface area contributed by atoms with Crippen LogP contribution in [-0.4, -0.2) is 52.8 Å². The molecule has 1 amide bonds. The van der Waals surface area contributed by atoms with Crippen LogP contribution in [0.1, 0.15) is 39.5 Å². The van der Waals surface area contributed by atoms with Gasteiger partial charge in [0.2, 0.25) is 0 Å². The van der Waals surface area contributed by atoms with Gasteiger partial charge >= 0.3 is 0 Å². The van der Waals surface area contributed by atoms with Gasteiger partial charge in [-0.3, -0.25) is 4.79 Å². The zero-order valence-electron chi connectivity index (χ0n) is 17.9. The Morgan fingerprint density at radius 1 is 1.45 bits per heavy atom. The van der Waals surface area contributed by atoms with E-state index < -0.39 is 12.3 Å². The highest BCUT2D eigenvalue weighted by atomic mass is 32.1. The molecule has 166 valence electrons. The highest BCUT2D eigenvalue weighted by molar-refractivity contribution is 7.09. The Labute approximate surface area is 185 Å². The molecule has 0 bridgehead atoms. The zero-order chi connectivity index (χ0) is 22.1. The molecule has 8 nitrogen and oxygen atoms in total. The molecule has 9 heteroatoms. The van der Waals surface area contributed by atoms with Crippen molar-refractivity contribution in [2.75, 3.05) is 13.6 Å². The third-order valence-corrected chi connectivity index (χ3v) is 6.57. The first kappa shape index (κ1) is 21.8. The monoisotopic (exact) mass is 444 g/mol. The lowest BCUT2D eigenvalue weighted by Gasteiger charge is -2.26. The highest BCUT2D eigenvalue weighted by Gasteiger charge is 2.31. The Bertz CT molecular complexity index is 1070. The number of amides is 1. The molecule has 2 heterocycles. The fraction of sp³-hybridized carbons (Fsp3) is 0.455. The quantitative estimate of drug-likeness (QED) is 0.435. The molecule has 0 saturated heterocycles. The third kappa shape index (κ3) is 4.90.